The number of anilines is 1. The van der Waals surface area contributed by atoms with Crippen LogP contribution >= 0.6 is 0 Å². The summed E-state index contributed by atoms with van der Waals surface area (Å²) >= 11 is 0. The third-order valence-electron chi connectivity index (χ3n) is 4.20. The van der Waals surface area contributed by atoms with Crippen molar-refractivity contribution in [2.24, 2.45) is 0 Å². The van der Waals surface area contributed by atoms with E-state index in [-0.39, 0.29) is 17.1 Å². The highest BCUT2D eigenvalue weighted by atomic mass is 16.6. The van der Waals surface area contributed by atoms with Gasteiger partial charge in [-0.3, -0.25) is 19.5 Å². The average molecular weight is 392 g/mol. The van der Waals surface area contributed by atoms with Crippen LogP contribution in [0.1, 0.15) is 16.6 Å². The van der Waals surface area contributed by atoms with Crippen LogP contribution in [0.4, 0.5) is 11.5 Å². The van der Waals surface area contributed by atoms with E-state index in [1.807, 2.05) is 0 Å². The molecule has 0 saturated carbocycles. The third-order valence-corrected chi connectivity index (χ3v) is 4.20. The van der Waals surface area contributed by atoms with Crippen LogP contribution in [-0.2, 0) is 4.74 Å². The molecule has 4 atom stereocenters. The van der Waals surface area contributed by atoms with Crippen LogP contribution in [0, 0.1) is 10.1 Å². The van der Waals surface area contributed by atoms with E-state index in [2.05, 4.69) is 10.3 Å². The molecule has 1 aliphatic rings. The molecule has 4 N–H and O–H groups in total. The van der Waals surface area contributed by atoms with Gasteiger partial charge in [0.1, 0.15) is 24.1 Å². The molecule has 12 nitrogen and oxygen atoms in total. The molecular formula is C16H16N4O8. The van der Waals surface area contributed by atoms with Crippen molar-refractivity contribution in [2.45, 2.75) is 24.5 Å². The largest absolute Gasteiger partial charge is 0.394 e. The Morgan fingerprint density at radius 3 is 2.46 bits per heavy atom. The Kier molecular flexibility index (Phi) is 5.46. The Morgan fingerprint density at radius 2 is 1.93 bits per heavy atom. The first kappa shape index (κ1) is 19.6. The van der Waals surface area contributed by atoms with Gasteiger partial charge in [0.2, 0.25) is 0 Å². The minimum Gasteiger partial charge on any atom is -0.394 e. The number of benzene rings is 1. The number of nitrogens with zero attached hydrogens (tertiary/aromatic N) is 3. The predicted molar refractivity (Wildman–Crippen MR) is 92.6 cm³/mol. The fourth-order valence-corrected chi connectivity index (χ4v) is 2.71. The van der Waals surface area contributed by atoms with E-state index in [1.165, 1.54) is 36.5 Å². The zero-order valence-corrected chi connectivity index (χ0v) is 14.2. The Bertz CT molecular complexity index is 944. The maximum Gasteiger partial charge on any atom is 0.351 e. The molecule has 1 aliphatic heterocycles. The second-order valence-corrected chi connectivity index (χ2v) is 5.99. The minimum absolute atomic E-state index is 0.0867. The first-order valence-corrected chi connectivity index (χ1v) is 8.09. The van der Waals surface area contributed by atoms with E-state index in [1.54, 1.807) is 0 Å². The Hall–Kier alpha value is -3.19. The molecule has 1 aromatic heterocycles. The number of nitro benzene ring substituents is 1. The fourth-order valence-electron chi connectivity index (χ4n) is 2.71. The summed E-state index contributed by atoms with van der Waals surface area (Å²) < 4.78 is 6.18. The minimum atomic E-state index is -1.45. The zero-order chi connectivity index (χ0) is 20.4. The SMILES string of the molecule is O=C(Nc1ccn([C@@H]2O[C@H](CO)[C@@H](O)[C@H]2O)c(=O)n1)c1ccc([N+](=O)[O-])cc1. The van der Waals surface area contributed by atoms with Gasteiger partial charge in [0.15, 0.2) is 6.23 Å². The van der Waals surface area contributed by atoms with E-state index in [9.17, 15) is 29.9 Å². The number of amides is 1. The van der Waals surface area contributed by atoms with Crippen LogP contribution in [-0.4, -0.2) is 60.6 Å². The second kappa shape index (κ2) is 7.82. The molecule has 2 heterocycles. The second-order valence-electron chi connectivity index (χ2n) is 5.99. The van der Waals surface area contributed by atoms with Crippen LogP contribution in [0.2, 0.25) is 0 Å². The highest BCUT2D eigenvalue weighted by molar-refractivity contribution is 6.03. The lowest BCUT2D eigenvalue weighted by Crippen LogP contribution is -2.36. The van der Waals surface area contributed by atoms with Gasteiger partial charge in [0.25, 0.3) is 11.6 Å². The van der Waals surface area contributed by atoms with Crippen molar-refractivity contribution in [2.75, 3.05) is 11.9 Å². The molecule has 0 spiro atoms. The van der Waals surface area contributed by atoms with Crippen molar-refractivity contribution < 1.29 is 29.8 Å². The number of nitro groups is 1. The molecule has 1 fully saturated rings. The van der Waals surface area contributed by atoms with Crippen LogP contribution in [0.15, 0.2) is 41.3 Å². The number of carbonyl (C=O) groups excluding carboxylic acids is 1. The van der Waals surface area contributed by atoms with Gasteiger partial charge < -0.3 is 25.4 Å². The fraction of sp³-hybridized carbons (Fsp3) is 0.312. The van der Waals surface area contributed by atoms with Crippen molar-refractivity contribution in [3.63, 3.8) is 0 Å². The first-order valence-electron chi connectivity index (χ1n) is 8.09. The van der Waals surface area contributed by atoms with E-state index < -0.39 is 47.7 Å². The standard InChI is InChI=1S/C16H16N4O8/c21-7-10-12(22)13(23)15(28-10)19-6-5-11(18-16(19)25)17-14(24)8-1-3-9(4-2-8)20(26)27/h1-6,10,12-13,15,21-23H,7H2,(H,17,18,24,25)/t10-,12-,13-,15-/m1/s1. The van der Waals surface area contributed by atoms with Crippen LogP contribution in [0.3, 0.4) is 0 Å². The maximum absolute atomic E-state index is 12.2. The van der Waals surface area contributed by atoms with E-state index in [0.717, 1.165) is 4.57 Å². The molecule has 148 valence electrons. The molecule has 3 rings (SSSR count). The summed E-state index contributed by atoms with van der Waals surface area (Å²) in [5.74, 6) is -0.719. The van der Waals surface area contributed by atoms with E-state index >= 15 is 0 Å². The average Bonchev–Trinajstić information content (AvgIpc) is 2.96. The monoisotopic (exact) mass is 392 g/mol. The van der Waals surface area contributed by atoms with Gasteiger partial charge in [-0.15, -0.1) is 0 Å². The quantitative estimate of drug-likeness (QED) is 0.367. The molecule has 1 aromatic carbocycles. The number of nitrogens with one attached hydrogen (secondary N) is 1. The summed E-state index contributed by atoms with van der Waals surface area (Å²) in [6.45, 7) is -0.541. The number of non-ortho nitro benzene ring substituents is 1. The summed E-state index contributed by atoms with van der Waals surface area (Å²) in [7, 11) is 0. The van der Waals surface area contributed by atoms with Crippen LogP contribution in [0.25, 0.3) is 0 Å². The highest BCUT2D eigenvalue weighted by Crippen LogP contribution is 2.28. The van der Waals surface area contributed by atoms with Crippen LogP contribution < -0.4 is 11.0 Å². The molecule has 1 amide bonds. The summed E-state index contributed by atoms with van der Waals surface area (Å²) in [4.78, 5) is 38.1. The topological polar surface area (TPSA) is 177 Å². The Balaban J connectivity index is 1.75. The lowest BCUT2D eigenvalue weighted by Gasteiger charge is -2.17. The van der Waals surface area contributed by atoms with Crippen molar-refractivity contribution >= 4 is 17.4 Å². The predicted octanol–water partition coefficient (Wildman–Crippen LogP) is -0.985. The maximum atomic E-state index is 12.2. The summed E-state index contributed by atoms with van der Waals surface area (Å²) in [5, 5.41) is 41.9. The number of aromatic nitrogens is 2. The molecule has 0 aliphatic carbocycles. The van der Waals surface area contributed by atoms with Gasteiger partial charge in [0.05, 0.1) is 11.5 Å². The Morgan fingerprint density at radius 1 is 1.25 bits per heavy atom. The van der Waals surface area contributed by atoms with E-state index in [0.29, 0.717) is 0 Å². The molecule has 0 radical (unpaired) electrons. The number of rotatable bonds is 5. The molecule has 0 bridgehead atoms. The summed E-state index contributed by atoms with van der Waals surface area (Å²) in [5.41, 5.74) is -0.910. The van der Waals surface area contributed by atoms with Gasteiger partial charge in [-0.25, -0.2) is 4.79 Å². The third kappa shape index (κ3) is 3.75. The number of ether oxygens (including phenoxy) is 1. The van der Waals surface area contributed by atoms with Gasteiger partial charge >= 0.3 is 5.69 Å². The van der Waals surface area contributed by atoms with Crippen molar-refractivity contribution in [3.8, 4) is 0 Å². The number of hydrogen-bond acceptors (Lipinski definition) is 9. The van der Waals surface area contributed by atoms with Crippen LogP contribution in [0.5, 0.6) is 0 Å². The lowest BCUT2D eigenvalue weighted by atomic mass is 10.1. The molecule has 12 heteroatoms. The van der Waals surface area contributed by atoms with Crippen molar-refractivity contribution in [3.05, 3.63) is 62.7 Å². The summed E-state index contributed by atoms with van der Waals surface area (Å²) in [6, 6.07) is 6.13. The lowest BCUT2D eigenvalue weighted by molar-refractivity contribution is -0.384. The molecule has 2 aromatic rings. The van der Waals surface area contributed by atoms with Gasteiger partial charge in [-0.2, -0.15) is 4.98 Å². The highest BCUT2D eigenvalue weighted by Gasteiger charge is 2.43. The number of aliphatic hydroxyl groups excluding tert-OH is 3. The van der Waals surface area contributed by atoms with Gasteiger partial charge in [-0.1, -0.05) is 0 Å². The number of hydrogen-bond donors (Lipinski definition) is 4. The zero-order valence-electron chi connectivity index (χ0n) is 14.2. The first-order chi connectivity index (χ1) is 13.3. The summed E-state index contributed by atoms with van der Waals surface area (Å²) in [6.07, 6.45) is -3.90. The van der Waals surface area contributed by atoms with Crippen molar-refractivity contribution in [1.82, 2.24) is 9.55 Å². The smallest absolute Gasteiger partial charge is 0.351 e. The van der Waals surface area contributed by atoms with Crippen molar-refractivity contribution in [1.29, 1.82) is 0 Å². The molecule has 1 saturated heterocycles. The molecule has 0 unspecified atom stereocenters. The normalized spacial score (nSPS) is 24.1. The Labute approximate surface area is 156 Å². The number of carbonyl (C=O) groups is 1. The van der Waals surface area contributed by atoms with E-state index in [4.69, 9.17) is 9.84 Å². The van der Waals surface area contributed by atoms with Gasteiger partial charge in [-0.05, 0) is 18.2 Å². The number of aliphatic hydroxyl groups is 3. The molecular weight excluding hydrogens is 376 g/mol. The molecule has 28 heavy (non-hydrogen) atoms. The van der Waals surface area contributed by atoms with Gasteiger partial charge in [0, 0.05) is 23.9 Å².